The molecule has 7 nitrogen and oxygen atoms in total. The van der Waals surface area contributed by atoms with Gasteiger partial charge in [0.2, 0.25) is 0 Å². The molecule has 1 aromatic heterocycles. The summed E-state index contributed by atoms with van der Waals surface area (Å²) >= 11 is 12.1. The van der Waals surface area contributed by atoms with Gasteiger partial charge in [-0.15, -0.1) is 0 Å². The van der Waals surface area contributed by atoms with Crippen LogP contribution in [0.4, 0.5) is 8.78 Å². The number of nitrogens with zero attached hydrogens (tertiary/aromatic N) is 1. The number of carboxylic acids is 1. The van der Waals surface area contributed by atoms with Crippen molar-refractivity contribution in [3.63, 3.8) is 0 Å². The molecular weight excluding hydrogens is 447 g/mol. The quantitative estimate of drug-likeness (QED) is 0.404. The minimum atomic E-state index is -1.94. The first kappa shape index (κ1) is 23.5. The molecular formula is C19H15Cl2F2NO6. The van der Waals surface area contributed by atoms with Crippen LogP contribution in [0.5, 0.6) is 0 Å². The van der Waals surface area contributed by atoms with Crippen molar-refractivity contribution < 1.29 is 37.7 Å². The van der Waals surface area contributed by atoms with Gasteiger partial charge in [0.25, 0.3) is 0 Å². The molecule has 1 aromatic carbocycles. The van der Waals surface area contributed by atoms with Crippen LogP contribution in [0.25, 0.3) is 11.1 Å². The summed E-state index contributed by atoms with van der Waals surface area (Å²) < 4.78 is 37.6. The Bertz CT molecular complexity index is 1030. The van der Waals surface area contributed by atoms with Gasteiger partial charge in [-0.25, -0.2) is 23.4 Å². The third-order valence-corrected chi connectivity index (χ3v) is 4.71. The first-order chi connectivity index (χ1) is 13.9. The average Bonchev–Trinajstić information content (AvgIpc) is 2.65. The van der Waals surface area contributed by atoms with Crippen LogP contribution >= 0.6 is 23.2 Å². The number of esters is 2. The molecule has 0 aliphatic carbocycles. The van der Waals surface area contributed by atoms with Gasteiger partial charge in [-0.1, -0.05) is 23.2 Å². The summed E-state index contributed by atoms with van der Waals surface area (Å²) in [6.07, 6.45) is -1.68. The molecule has 160 valence electrons. The number of rotatable bonds is 5. The van der Waals surface area contributed by atoms with Crippen molar-refractivity contribution in [1.29, 1.82) is 0 Å². The average molecular weight is 462 g/mol. The number of ether oxygens (including phenoxy) is 2. The number of carbonyl (C=O) groups excluding carboxylic acids is 2. The predicted octanol–water partition coefficient (Wildman–Crippen LogP) is 4.20. The topological polar surface area (TPSA) is 103 Å². The zero-order chi connectivity index (χ0) is 22.8. The first-order valence-electron chi connectivity index (χ1n) is 8.23. The molecule has 0 saturated heterocycles. The van der Waals surface area contributed by atoms with E-state index in [1.54, 1.807) is 0 Å². The maximum absolute atomic E-state index is 14.5. The minimum absolute atomic E-state index is 0.0855. The van der Waals surface area contributed by atoms with Crippen molar-refractivity contribution in [2.45, 2.75) is 20.0 Å². The molecule has 0 spiro atoms. The number of aromatic nitrogens is 1. The molecule has 2 rings (SSSR count). The van der Waals surface area contributed by atoms with Crippen molar-refractivity contribution in [3.8, 4) is 11.1 Å². The lowest BCUT2D eigenvalue weighted by Gasteiger charge is -2.32. The van der Waals surface area contributed by atoms with E-state index in [0.717, 1.165) is 25.3 Å². The Morgan fingerprint density at radius 1 is 1.13 bits per heavy atom. The fraction of sp³-hybridized carbons (Fsp3) is 0.263. The number of hydrogen-bond donors (Lipinski definition) is 1. The van der Waals surface area contributed by atoms with Crippen molar-refractivity contribution in [2.24, 2.45) is 5.41 Å². The molecule has 1 atom stereocenters. The zero-order valence-corrected chi connectivity index (χ0v) is 17.3. The van der Waals surface area contributed by atoms with E-state index in [1.165, 1.54) is 13.8 Å². The van der Waals surface area contributed by atoms with Gasteiger partial charge in [0, 0.05) is 17.2 Å². The van der Waals surface area contributed by atoms with E-state index < -0.39 is 41.1 Å². The van der Waals surface area contributed by atoms with Gasteiger partial charge in [-0.2, -0.15) is 0 Å². The monoisotopic (exact) mass is 461 g/mol. The Kier molecular flexibility index (Phi) is 6.99. The van der Waals surface area contributed by atoms with E-state index in [4.69, 9.17) is 37.8 Å². The van der Waals surface area contributed by atoms with Crippen LogP contribution in [0.2, 0.25) is 10.3 Å². The normalized spacial score (nSPS) is 12.2. The second-order valence-electron chi connectivity index (χ2n) is 6.62. The van der Waals surface area contributed by atoms with Crippen LogP contribution in [0, 0.1) is 17.0 Å². The van der Waals surface area contributed by atoms with Crippen LogP contribution in [-0.4, -0.2) is 35.1 Å². The summed E-state index contributed by atoms with van der Waals surface area (Å²) in [5, 5.41) is 8.38. The van der Waals surface area contributed by atoms with E-state index in [-0.39, 0.29) is 27.0 Å². The van der Waals surface area contributed by atoms with Gasteiger partial charge in [-0.3, -0.25) is 4.79 Å². The summed E-state index contributed by atoms with van der Waals surface area (Å²) in [6, 6.07) is 3.81. The van der Waals surface area contributed by atoms with Gasteiger partial charge < -0.3 is 14.6 Å². The van der Waals surface area contributed by atoms with Crippen molar-refractivity contribution in [3.05, 3.63) is 51.8 Å². The van der Waals surface area contributed by atoms with Crippen LogP contribution in [0.1, 0.15) is 25.5 Å². The van der Waals surface area contributed by atoms with Crippen LogP contribution in [0.3, 0.4) is 0 Å². The molecule has 0 fully saturated rings. The lowest BCUT2D eigenvalue weighted by molar-refractivity contribution is -0.177. The molecule has 1 unspecified atom stereocenters. The molecule has 0 radical (unpaired) electrons. The Labute approximate surface area is 179 Å². The highest BCUT2D eigenvalue weighted by Gasteiger charge is 2.45. The van der Waals surface area contributed by atoms with Gasteiger partial charge in [0.05, 0.1) is 7.11 Å². The van der Waals surface area contributed by atoms with Gasteiger partial charge >= 0.3 is 17.9 Å². The van der Waals surface area contributed by atoms with E-state index in [9.17, 15) is 23.2 Å². The maximum atomic E-state index is 14.5. The smallest absolute Gasteiger partial charge is 0.417 e. The van der Waals surface area contributed by atoms with E-state index in [0.29, 0.717) is 6.07 Å². The minimum Gasteiger partial charge on any atom is -0.473 e. The Balaban J connectivity index is 2.84. The van der Waals surface area contributed by atoms with Gasteiger partial charge in [0.1, 0.15) is 33.5 Å². The maximum Gasteiger partial charge on any atom is 0.417 e. The highest BCUT2D eigenvalue weighted by atomic mass is 35.5. The van der Waals surface area contributed by atoms with Crippen molar-refractivity contribution in [2.75, 3.05) is 7.11 Å². The summed E-state index contributed by atoms with van der Waals surface area (Å²) in [6.45, 7) is 2.60. The molecule has 0 saturated carbocycles. The van der Waals surface area contributed by atoms with Gasteiger partial charge in [-0.05, 0) is 37.6 Å². The van der Waals surface area contributed by atoms with Crippen LogP contribution in [0.15, 0.2) is 24.3 Å². The highest BCUT2D eigenvalue weighted by Crippen LogP contribution is 2.45. The molecule has 1 heterocycles. The second kappa shape index (κ2) is 8.93. The third-order valence-electron chi connectivity index (χ3n) is 4.23. The lowest BCUT2D eigenvalue weighted by atomic mass is 9.80. The number of pyridine rings is 1. The fourth-order valence-electron chi connectivity index (χ4n) is 2.77. The number of halogens is 4. The molecule has 0 aliphatic rings. The standard InChI is InChI=1S/C19H15Cl2F2NO6/c1-19(2,18(28)29-3)14(30-17(27)16(25)26)13-10(7-12(20)24-15(13)21)9-5-4-8(22)6-11(9)23/h4-7,14H,1-3H3,(H,25,26). The summed E-state index contributed by atoms with van der Waals surface area (Å²) in [4.78, 5) is 39.1. The highest BCUT2D eigenvalue weighted by molar-refractivity contribution is 6.33. The Hall–Kier alpha value is -2.78. The number of methoxy groups -OCH3 is 1. The number of carboxylic acid groups (broad SMARTS) is 1. The Morgan fingerprint density at radius 2 is 1.77 bits per heavy atom. The molecule has 1 N–H and O–H groups in total. The largest absolute Gasteiger partial charge is 0.473 e. The van der Waals surface area contributed by atoms with Gasteiger partial charge in [0.15, 0.2) is 0 Å². The third kappa shape index (κ3) is 4.68. The fourth-order valence-corrected chi connectivity index (χ4v) is 3.30. The Morgan fingerprint density at radius 3 is 2.30 bits per heavy atom. The van der Waals surface area contributed by atoms with Crippen molar-refractivity contribution in [1.82, 2.24) is 4.98 Å². The molecule has 30 heavy (non-hydrogen) atoms. The summed E-state index contributed by atoms with van der Waals surface area (Å²) in [5.41, 5.74) is -2.19. The number of hydrogen-bond acceptors (Lipinski definition) is 6. The summed E-state index contributed by atoms with van der Waals surface area (Å²) in [5.74, 6) is -6.38. The van der Waals surface area contributed by atoms with Crippen LogP contribution in [-0.2, 0) is 23.9 Å². The SMILES string of the molecule is COC(=O)C(C)(C)C(OC(=O)C(=O)O)c1c(-c2ccc(F)cc2F)cc(Cl)nc1Cl. The van der Waals surface area contributed by atoms with E-state index >= 15 is 0 Å². The molecule has 11 heteroatoms. The number of benzene rings is 1. The summed E-state index contributed by atoms with van der Waals surface area (Å²) in [7, 11) is 1.07. The predicted molar refractivity (Wildman–Crippen MR) is 102 cm³/mol. The van der Waals surface area contributed by atoms with E-state index in [2.05, 4.69) is 4.98 Å². The van der Waals surface area contributed by atoms with E-state index in [1.807, 2.05) is 0 Å². The molecule has 0 aliphatic heterocycles. The zero-order valence-electron chi connectivity index (χ0n) is 15.8. The molecule has 2 aromatic rings. The first-order valence-corrected chi connectivity index (χ1v) is 8.99. The number of aliphatic carboxylic acids is 1. The lowest BCUT2D eigenvalue weighted by Crippen LogP contribution is -2.37. The number of carbonyl (C=O) groups is 3. The molecule has 0 amide bonds. The second-order valence-corrected chi connectivity index (χ2v) is 7.37. The van der Waals surface area contributed by atoms with Crippen LogP contribution < -0.4 is 0 Å². The molecule has 0 bridgehead atoms. The van der Waals surface area contributed by atoms with Crippen molar-refractivity contribution >= 4 is 41.1 Å².